The van der Waals surface area contributed by atoms with E-state index in [1.807, 2.05) is 48.5 Å². The molecule has 0 amide bonds. The number of benzene rings is 3. The molecule has 0 radical (unpaired) electrons. The van der Waals surface area contributed by atoms with Crippen LogP contribution >= 0.6 is 12.2 Å². The van der Waals surface area contributed by atoms with E-state index >= 15 is 0 Å². The summed E-state index contributed by atoms with van der Waals surface area (Å²) in [4.78, 5) is 0. The zero-order valence-electron chi connectivity index (χ0n) is 19.6. The Morgan fingerprint density at radius 3 is 1.97 bits per heavy atom. The summed E-state index contributed by atoms with van der Waals surface area (Å²) in [5.74, 6) is 0.432. The van der Waals surface area contributed by atoms with Gasteiger partial charge in [0.2, 0.25) is 0 Å². The third kappa shape index (κ3) is 7.03. The first-order valence-corrected chi connectivity index (χ1v) is 11.5. The van der Waals surface area contributed by atoms with E-state index in [0.717, 1.165) is 22.7 Å². The Hall–Kier alpha value is -4.00. The number of aliphatic hydroxyl groups excluding tert-OH is 1. The van der Waals surface area contributed by atoms with Crippen LogP contribution in [0.1, 0.15) is 11.6 Å². The van der Waals surface area contributed by atoms with Crippen LogP contribution in [0.5, 0.6) is 11.5 Å². The molecule has 4 rings (SSSR count). The number of thiocarbonyl (C=S) groups is 1. The van der Waals surface area contributed by atoms with Crippen molar-refractivity contribution in [3.63, 3.8) is 0 Å². The molecule has 0 saturated heterocycles. The molecule has 0 bridgehead atoms. The lowest BCUT2D eigenvalue weighted by atomic mass is 10.1. The quantitative estimate of drug-likeness (QED) is 0.306. The number of hydrogen-bond acceptors (Lipinski definition) is 7. The lowest BCUT2D eigenvalue weighted by molar-refractivity contribution is -0.274. The maximum atomic E-state index is 12.4. The van der Waals surface area contributed by atoms with Crippen LogP contribution in [-0.4, -0.2) is 30.3 Å². The standard InChI is InChI=1S/C25H24F3N5O3S/c1-35-21-10-2-17(3-11-21)23(16-34)30-24(37)29-18-4-6-19(7-5-18)32-14-15-33(31-32)20-8-12-22(13-9-20)36-25(26,27)28/h2-15,23,31,34H,16H2,1H3,(H2,29,30,37). The molecule has 1 atom stereocenters. The molecule has 0 spiro atoms. The number of halogens is 3. The second-order valence-electron chi connectivity index (χ2n) is 7.83. The molecular formula is C25H24F3N5O3S. The average molecular weight is 532 g/mol. The van der Waals surface area contributed by atoms with Gasteiger partial charge in [0.25, 0.3) is 0 Å². The van der Waals surface area contributed by atoms with E-state index in [9.17, 15) is 18.3 Å². The number of aliphatic hydroxyl groups is 1. The van der Waals surface area contributed by atoms with E-state index in [1.165, 1.54) is 24.3 Å². The summed E-state index contributed by atoms with van der Waals surface area (Å²) in [6.45, 7) is -0.144. The van der Waals surface area contributed by atoms with Crippen LogP contribution in [0, 0.1) is 0 Å². The van der Waals surface area contributed by atoms with Crippen LogP contribution in [0.2, 0.25) is 0 Å². The Labute approximate surface area is 216 Å². The van der Waals surface area contributed by atoms with E-state index in [-0.39, 0.29) is 18.4 Å². The number of rotatable bonds is 8. The van der Waals surface area contributed by atoms with E-state index in [2.05, 4.69) is 20.9 Å². The lowest BCUT2D eigenvalue weighted by Crippen LogP contribution is -2.39. The predicted molar refractivity (Wildman–Crippen MR) is 139 cm³/mol. The molecule has 12 heteroatoms. The second kappa shape index (κ2) is 11.4. The first kappa shape index (κ1) is 26.1. The Balaban J connectivity index is 1.31. The van der Waals surface area contributed by atoms with Crippen molar-refractivity contribution >= 4 is 34.4 Å². The molecule has 1 unspecified atom stereocenters. The van der Waals surface area contributed by atoms with Crippen molar-refractivity contribution in [3.05, 3.63) is 90.8 Å². The molecular weight excluding hydrogens is 507 g/mol. The Morgan fingerprint density at radius 1 is 0.919 bits per heavy atom. The molecule has 8 nitrogen and oxygen atoms in total. The number of hydrogen-bond donors (Lipinski definition) is 4. The predicted octanol–water partition coefficient (Wildman–Crippen LogP) is 4.83. The summed E-state index contributed by atoms with van der Waals surface area (Å²) in [6, 6.07) is 19.9. The van der Waals surface area contributed by atoms with Crippen molar-refractivity contribution in [3.8, 4) is 11.5 Å². The summed E-state index contributed by atoms with van der Waals surface area (Å²) >= 11 is 5.41. The van der Waals surface area contributed by atoms with Crippen LogP contribution in [0.4, 0.5) is 30.2 Å². The Morgan fingerprint density at radius 2 is 1.46 bits per heavy atom. The Kier molecular flexibility index (Phi) is 8.01. The molecule has 0 aliphatic carbocycles. The number of hydrazine groups is 2. The molecule has 194 valence electrons. The fourth-order valence-corrected chi connectivity index (χ4v) is 3.77. The van der Waals surface area contributed by atoms with Crippen LogP contribution in [0.25, 0.3) is 0 Å². The van der Waals surface area contributed by atoms with Crippen LogP contribution in [-0.2, 0) is 0 Å². The fourth-order valence-electron chi connectivity index (χ4n) is 3.51. The van der Waals surface area contributed by atoms with Gasteiger partial charge in [0, 0.05) is 18.1 Å². The van der Waals surface area contributed by atoms with Gasteiger partial charge in [-0.05, 0) is 78.4 Å². The van der Waals surface area contributed by atoms with Crippen molar-refractivity contribution in [2.45, 2.75) is 12.4 Å². The molecule has 3 aromatic carbocycles. The third-order valence-electron chi connectivity index (χ3n) is 5.34. The van der Waals surface area contributed by atoms with Gasteiger partial charge in [0.05, 0.1) is 31.1 Å². The highest BCUT2D eigenvalue weighted by atomic mass is 32.1. The molecule has 0 fully saturated rings. The summed E-state index contributed by atoms with van der Waals surface area (Å²) < 4.78 is 46.1. The highest BCUT2D eigenvalue weighted by molar-refractivity contribution is 7.80. The van der Waals surface area contributed by atoms with E-state index in [0.29, 0.717) is 10.8 Å². The van der Waals surface area contributed by atoms with Gasteiger partial charge in [-0.1, -0.05) is 12.1 Å². The highest BCUT2D eigenvalue weighted by Gasteiger charge is 2.31. The second-order valence-corrected chi connectivity index (χ2v) is 8.24. The van der Waals surface area contributed by atoms with Gasteiger partial charge in [-0.15, -0.1) is 18.7 Å². The maximum Gasteiger partial charge on any atom is 0.573 e. The minimum Gasteiger partial charge on any atom is -0.497 e. The zero-order valence-corrected chi connectivity index (χ0v) is 20.4. The largest absolute Gasteiger partial charge is 0.573 e. The zero-order chi connectivity index (χ0) is 26.4. The van der Waals surface area contributed by atoms with Gasteiger partial charge in [-0.25, -0.2) is 0 Å². The molecule has 3 aromatic rings. The van der Waals surface area contributed by atoms with Crippen molar-refractivity contribution in [1.29, 1.82) is 0 Å². The molecule has 4 N–H and O–H groups in total. The number of nitrogens with one attached hydrogen (secondary N) is 3. The normalized spacial score (nSPS) is 13.9. The van der Waals surface area contributed by atoms with Gasteiger partial charge in [-0.3, -0.25) is 10.0 Å². The number of anilines is 3. The summed E-state index contributed by atoms with van der Waals surface area (Å²) in [7, 11) is 1.59. The SMILES string of the molecule is COc1ccc(C(CO)NC(=S)Nc2ccc(N3C=CN(c4ccc(OC(F)(F)F)cc4)N3)cc2)cc1. The highest BCUT2D eigenvalue weighted by Crippen LogP contribution is 2.27. The first-order valence-electron chi connectivity index (χ1n) is 11.1. The van der Waals surface area contributed by atoms with E-state index < -0.39 is 6.36 Å². The first-order chi connectivity index (χ1) is 17.7. The number of ether oxygens (including phenoxy) is 2. The van der Waals surface area contributed by atoms with Gasteiger partial charge < -0.3 is 25.2 Å². The van der Waals surface area contributed by atoms with Crippen molar-refractivity contribution < 1.29 is 27.8 Å². The minimum absolute atomic E-state index is 0.144. The smallest absolute Gasteiger partial charge is 0.497 e. The Bertz CT molecular complexity index is 1220. The van der Waals surface area contributed by atoms with Gasteiger partial charge >= 0.3 is 6.36 Å². The molecule has 1 aliphatic rings. The number of methoxy groups -OCH3 is 1. The summed E-state index contributed by atoms with van der Waals surface area (Å²) in [5.41, 5.74) is 6.15. The van der Waals surface area contributed by atoms with Crippen LogP contribution < -0.4 is 35.7 Å². The van der Waals surface area contributed by atoms with E-state index in [1.54, 1.807) is 29.5 Å². The molecule has 1 heterocycles. The van der Waals surface area contributed by atoms with Gasteiger partial charge in [0.15, 0.2) is 5.11 Å². The number of nitrogens with zero attached hydrogens (tertiary/aromatic N) is 2. The molecule has 1 aliphatic heterocycles. The van der Waals surface area contributed by atoms with Crippen molar-refractivity contribution in [1.82, 2.24) is 10.9 Å². The minimum atomic E-state index is -4.73. The third-order valence-corrected chi connectivity index (χ3v) is 5.56. The van der Waals surface area contributed by atoms with Gasteiger partial charge in [-0.2, -0.15) is 0 Å². The van der Waals surface area contributed by atoms with Crippen LogP contribution in [0.15, 0.2) is 85.2 Å². The topological polar surface area (TPSA) is 81.3 Å². The lowest BCUT2D eigenvalue weighted by Gasteiger charge is -2.23. The van der Waals surface area contributed by atoms with E-state index in [4.69, 9.17) is 17.0 Å². The average Bonchev–Trinajstić information content (AvgIpc) is 3.38. The van der Waals surface area contributed by atoms with Gasteiger partial charge in [0.1, 0.15) is 11.5 Å². The maximum absolute atomic E-state index is 12.4. The molecule has 0 saturated carbocycles. The van der Waals surface area contributed by atoms with Crippen LogP contribution in [0.3, 0.4) is 0 Å². The van der Waals surface area contributed by atoms with Crippen molar-refractivity contribution in [2.24, 2.45) is 0 Å². The van der Waals surface area contributed by atoms with Crippen molar-refractivity contribution in [2.75, 3.05) is 29.1 Å². The summed E-state index contributed by atoms with van der Waals surface area (Å²) in [5, 5.41) is 19.7. The monoisotopic (exact) mass is 531 g/mol. The fraction of sp³-hybridized carbons (Fsp3) is 0.160. The molecule has 37 heavy (non-hydrogen) atoms. The number of alkyl halides is 3. The molecule has 0 aromatic heterocycles. The summed E-state index contributed by atoms with van der Waals surface area (Å²) in [6.07, 6.45) is -1.23.